The van der Waals surface area contributed by atoms with E-state index in [1.165, 1.54) is 24.6 Å². The standard InChI is InChI=1S/C27H34F2N4O2/c1-17(34)33-25(10-19-8-22(28)11-23(29)9-19)26(35)16-30-13-20-7-18(12-27(2,3)4)5-6-24(20)21-14-31-32-15-21/h5-9,11,14-15,25-26,30,35H,10,12-13,16H2,1-4H3,(H,31,32)(H,33,34). The number of rotatable bonds is 10. The number of aromatic nitrogens is 2. The zero-order chi connectivity index (χ0) is 25.6. The van der Waals surface area contributed by atoms with Crippen LogP contribution in [0.3, 0.4) is 0 Å². The predicted molar refractivity (Wildman–Crippen MR) is 133 cm³/mol. The van der Waals surface area contributed by atoms with E-state index in [9.17, 15) is 18.7 Å². The average Bonchev–Trinajstić information content (AvgIpc) is 3.26. The fourth-order valence-electron chi connectivity index (χ4n) is 4.22. The van der Waals surface area contributed by atoms with Crippen LogP contribution in [0.2, 0.25) is 0 Å². The van der Waals surface area contributed by atoms with Gasteiger partial charge in [-0.2, -0.15) is 5.10 Å². The van der Waals surface area contributed by atoms with Crippen molar-refractivity contribution in [1.29, 1.82) is 0 Å². The summed E-state index contributed by atoms with van der Waals surface area (Å²) in [4.78, 5) is 11.7. The fraction of sp³-hybridized carbons (Fsp3) is 0.407. The molecule has 1 amide bonds. The van der Waals surface area contributed by atoms with Gasteiger partial charge in [0.05, 0.1) is 18.3 Å². The molecule has 2 atom stereocenters. The maximum absolute atomic E-state index is 13.6. The van der Waals surface area contributed by atoms with Crippen LogP contribution < -0.4 is 10.6 Å². The van der Waals surface area contributed by atoms with Gasteiger partial charge in [-0.1, -0.05) is 39.0 Å². The molecule has 0 bridgehead atoms. The SMILES string of the molecule is CC(=O)NC(Cc1cc(F)cc(F)c1)C(O)CNCc1cc(CC(C)(C)C)ccc1-c1cn[nH]c1. The highest BCUT2D eigenvalue weighted by Crippen LogP contribution is 2.27. The van der Waals surface area contributed by atoms with E-state index in [2.05, 4.69) is 59.8 Å². The van der Waals surface area contributed by atoms with Gasteiger partial charge in [0.15, 0.2) is 0 Å². The van der Waals surface area contributed by atoms with Gasteiger partial charge in [-0.25, -0.2) is 8.78 Å². The van der Waals surface area contributed by atoms with E-state index in [0.29, 0.717) is 12.1 Å². The van der Waals surface area contributed by atoms with Crippen molar-refractivity contribution in [2.24, 2.45) is 5.41 Å². The van der Waals surface area contributed by atoms with Gasteiger partial charge in [-0.15, -0.1) is 0 Å². The summed E-state index contributed by atoms with van der Waals surface area (Å²) >= 11 is 0. The van der Waals surface area contributed by atoms with Crippen molar-refractivity contribution in [3.8, 4) is 11.1 Å². The molecule has 0 aliphatic carbocycles. The van der Waals surface area contributed by atoms with E-state index in [0.717, 1.165) is 29.2 Å². The summed E-state index contributed by atoms with van der Waals surface area (Å²) < 4.78 is 27.2. The zero-order valence-electron chi connectivity index (χ0n) is 20.7. The third-order valence-electron chi connectivity index (χ3n) is 5.61. The third kappa shape index (κ3) is 8.26. The van der Waals surface area contributed by atoms with Crippen LogP contribution in [0.15, 0.2) is 48.8 Å². The Labute approximate surface area is 205 Å². The largest absolute Gasteiger partial charge is 0.390 e. The molecule has 1 aromatic heterocycles. The number of carbonyl (C=O) groups excluding carboxylic acids is 1. The predicted octanol–water partition coefficient (Wildman–Crippen LogP) is 4.14. The second kappa shape index (κ2) is 11.6. The van der Waals surface area contributed by atoms with E-state index < -0.39 is 23.8 Å². The maximum Gasteiger partial charge on any atom is 0.217 e. The molecule has 0 aliphatic heterocycles. The number of halogens is 2. The smallest absolute Gasteiger partial charge is 0.217 e. The summed E-state index contributed by atoms with van der Waals surface area (Å²) in [5.74, 6) is -1.73. The first-order valence-corrected chi connectivity index (χ1v) is 11.7. The number of benzene rings is 2. The number of aliphatic hydroxyl groups excluding tert-OH is 1. The summed E-state index contributed by atoms with van der Waals surface area (Å²) in [6.45, 7) is 8.58. The lowest BCUT2D eigenvalue weighted by atomic mass is 9.86. The van der Waals surface area contributed by atoms with Gasteiger partial charge in [0.2, 0.25) is 5.91 Å². The lowest BCUT2D eigenvalue weighted by Crippen LogP contribution is -2.48. The quantitative estimate of drug-likeness (QED) is 0.348. The van der Waals surface area contributed by atoms with Crippen LogP contribution in [0.5, 0.6) is 0 Å². The summed E-state index contributed by atoms with van der Waals surface area (Å²) in [6, 6.07) is 8.86. The molecule has 2 unspecified atom stereocenters. The number of carbonyl (C=O) groups is 1. The average molecular weight is 485 g/mol. The Hall–Kier alpha value is -3.10. The number of aliphatic hydroxyl groups is 1. The van der Waals surface area contributed by atoms with Crippen molar-refractivity contribution in [2.75, 3.05) is 6.54 Å². The fourth-order valence-corrected chi connectivity index (χ4v) is 4.22. The lowest BCUT2D eigenvalue weighted by Gasteiger charge is -2.25. The Balaban J connectivity index is 1.72. The van der Waals surface area contributed by atoms with Crippen LogP contribution in [0.25, 0.3) is 11.1 Å². The lowest BCUT2D eigenvalue weighted by molar-refractivity contribution is -0.120. The molecular formula is C27H34F2N4O2. The topological polar surface area (TPSA) is 90.0 Å². The van der Waals surface area contributed by atoms with Crippen molar-refractivity contribution in [1.82, 2.24) is 20.8 Å². The maximum atomic E-state index is 13.6. The number of H-pyrrole nitrogens is 1. The van der Waals surface area contributed by atoms with Crippen LogP contribution in [0, 0.1) is 17.0 Å². The highest BCUT2D eigenvalue weighted by molar-refractivity contribution is 5.73. The first-order valence-electron chi connectivity index (χ1n) is 11.7. The molecule has 8 heteroatoms. The number of aromatic amines is 1. The van der Waals surface area contributed by atoms with Crippen molar-refractivity contribution < 1.29 is 18.7 Å². The molecular weight excluding hydrogens is 450 g/mol. The minimum Gasteiger partial charge on any atom is -0.390 e. The van der Waals surface area contributed by atoms with Crippen LogP contribution in [0.4, 0.5) is 8.78 Å². The Kier molecular flexibility index (Phi) is 8.75. The second-order valence-electron chi connectivity index (χ2n) is 10.2. The highest BCUT2D eigenvalue weighted by atomic mass is 19.1. The monoisotopic (exact) mass is 484 g/mol. The number of hydrogen-bond acceptors (Lipinski definition) is 4. The van der Waals surface area contributed by atoms with Gasteiger partial charge < -0.3 is 15.7 Å². The van der Waals surface area contributed by atoms with E-state index in [1.807, 2.05) is 6.20 Å². The van der Waals surface area contributed by atoms with Crippen LogP contribution >= 0.6 is 0 Å². The molecule has 2 aromatic carbocycles. The first kappa shape index (κ1) is 26.5. The molecule has 1 heterocycles. The van der Waals surface area contributed by atoms with Gasteiger partial charge in [0, 0.05) is 37.8 Å². The van der Waals surface area contributed by atoms with Crippen molar-refractivity contribution in [3.05, 3.63) is 77.1 Å². The van der Waals surface area contributed by atoms with Crippen LogP contribution in [-0.2, 0) is 24.2 Å². The summed E-state index contributed by atoms with van der Waals surface area (Å²) in [5, 5.41) is 23.7. The summed E-state index contributed by atoms with van der Waals surface area (Å²) in [6.07, 6.45) is 3.64. The van der Waals surface area contributed by atoms with Crippen molar-refractivity contribution in [2.45, 2.75) is 59.2 Å². The first-order chi connectivity index (χ1) is 16.5. The van der Waals surface area contributed by atoms with Gasteiger partial charge in [-0.3, -0.25) is 9.89 Å². The molecule has 3 aromatic rings. The van der Waals surface area contributed by atoms with E-state index in [4.69, 9.17) is 0 Å². The number of nitrogens with one attached hydrogen (secondary N) is 3. The van der Waals surface area contributed by atoms with Crippen LogP contribution in [0.1, 0.15) is 44.4 Å². The molecule has 188 valence electrons. The highest BCUT2D eigenvalue weighted by Gasteiger charge is 2.21. The zero-order valence-corrected chi connectivity index (χ0v) is 20.7. The van der Waals surface area contributed by atoms with Gasteiger partial charge >= 0.3 is 0 Å². The third-order valence-corrected chi connectivity index (χ3v) is 5.61. The Morgan fingerprint density at radius 2 is 1.83 bits per heavy atom. The van der Waals surface area contributed by atoms with Gasteiger partial charge in [0.25, 0.3) is 0 Å². The van der Waals surface area contributed by atoms with E-state index in [-0.39, 0.29) is 24.3 Å². The number of hydrogen-bond donors (Lipinski definition) is 4. The molecule has 3 rings (SSSR count). The Bertz CT molecular complexity index is 1110. The molecule has 0 saturated carbocycles. The minimum atomic E-state index is -0.972. The Morgan fingerprint density at radius 3 is 2.43 bits per heavy atom. The molecule has 4 N–H and O–H groups in total. The second-order valence-corrected chi connectivity index (χ2v) is 10.2. The number of nitrogens with zero attached hydrogens (tertiary/aromatic N) is 1. The normalized spacial score (nSPS) is 13.5. The van der Waals surface area contributed by atoms with Crippen molar-refractivity contribution in [3.63, 3.8) is 0 Å². The molecule has 0 aliphatic rings. The van der Waals surface area contributed by atoms with Gasteiger partial charge in [-0.05, 0) is 52.6 Å². The molecule has 6 nitrogen and oxygen atoms in total. The van der Waals surface area contributed by atoms with Gasteiger partial charge in [0.1, 0.15) is 11.6 Å². The molecule has 0 radical (unpaired) electrons. The van der Waals surface area contributed by atoms with Crippen molar-refractivity contribution >= 4 is 5.91 Å². The van der Waals surface area contributed by atoms with E-state index in [1.54, 1.807) is 6.20 Å². The van der Waals surface area contributed by atoms with Crippen LogP contribution in [-0.4, -0.2) is 39.9 Å². The number of amides is 1. The van der Waals surface area contributed by atoms with E-state index >= 15 is 0 Å². The Morgan fingerprint density at radius 1 is 1.11 bits per heavy atom. The minimum absolute atomic E-state index is 0.0957. The molecule has 0 fully saturated rings. The molecule has 0 spiro atoms. The molecule has 35 heavy (non-hydrogen) atoms. The molecule has 0 saturated heterocycles. The summed E-state index contributed by atoms with van der Waals surface area (Å²) in [7, 11) is 0. The summed E-state index contributed by atoms with van der Waals surface area (Å²) in [5.41, 5.74) is 4.77.